The largest absolute Gasteiger partial charge is 0.465 e. The Morgan fingerprint density at radius 1 is 1.11 bits per heavy atom. The number of benzene rings is 1. The summed E-state index contributed by atoms with van der Waals surface area (Å²) < 4.78 is 17.9. The Bertz CT molecular complexity index is 637. The van der Waals surface area contributed by atoms with Crippen molar-refractivity contribution in [2.45, 2.75) is 63.9 Å². The highest BCUT2D eigenvalue weighted by atomic mass is 79.9. The molecule has 0 spiro atoms. The van der Waals surface area contributed by atoms with Gasteiger partial charge < -0.3 is 14.2 Å². The van der Waals surface area contributed by atoms with E-state index in [1.54, 1.807) is 0 Å². The lowest BCUT2D eigenvalue weighted by atomic mass is 10.1. The van der Waals surface area contributed by atoms with Crippen LogP contribution in [0.25, 0.3) is 0 Å². The molecule has 0 bridgehead atoms. The molecule has 4 heteroatoms. The minimum absolute atomic E-state index is 0.176. The molecule has 1 heterocycles. The predicted octanol–water partition coefficient (Wildman–Crippen LogP) is 6.09. The molecule has 1 aliphatic heterocycles. The smallest absolute Gasteiger partial charge is 0.205 e. The normalized spacial score (nSPS) is 22.5. The first-order valence-electron chi connectivity index (χ1n) is 10.6. The van der Waals surface area contributed by atoms with E-state index < -0.39 is 0 Å². The minimum Gasteiger partial charge on any atom is -0.465 e. The van der Waals surface area contributed by atoms with Gasteiger partial charge in [-0.1, -0.05) is 71.0 Å². The standard InChI is InChI=1S/C24H31BrO3/c25-19-21(17-16-20-9-4-5-10-20)11-8-15-24(27-22-12-2-1-3-13-22)28-23-14-6-7-18-26-23/h1-3,8,11-13,20-21,23-24H,4-7,9-10,14-15,18-19H2/t21-,23?,24?/m0/s1. The summed E-state index contributed by atoms with van der Waals surface area (Å²) in [5.41, 5.74) is 0. The molecule has 0 N–H and O–H groups in total. The Kier molecular flexibility index (Phi) is 9.43. The maximum absolute atomic E-state index is 6.11. The molecule has 1 saturated carbocycles. The van der Waals surface area contributed by atoms with E-state index in [4.69, 9.17) is 14.2 Å². The average Bonchev–Trinajstić information content (AvgIpc) is 3.25. The molecular weight excluding hydrogens is 416 g/mol. The second-order valence-corrected chi connectivity index (χ2v) is 8.13. The van der Waals surface area contributed by atoms with Crippen molar-refractivity contribution in [1.82, 2.24) is 0 Å². The van der Waals surface area contributed by atoms with Crippen molar-refractivity contribution in [1.29, 1.82) is 0 Å². The van der Waals surface area contributed by atoms with E-state index in [9.17, 15) is 0 Å². The molecule has 0 aromatic heterocycles. The molecular formula is C24H31BrO3. The molecule has 2 unspecified atom stereocenters. The quantitative estimate of drug-likeness (QED) is 0.209. The van der Waals surface area contributed by atoms with Gasteiger partial charge in [0, 0.05) is 30.2 Å². The zero-order valence-corrected chi connectivity index (χ0v) is 18.1. The first-order chi connectivity index (χ1) is 13.8. The monoisotopic (exact) mass is 446 g/mol. The third-order valence-corrected chi connectivity index (χ3v) is 5.84. The average molecular weight is 447 g/mol. The minimum atomic E-state index is -0.361. The van der Waals surface area contributed by atoms with Crippen molar-refractivity contribution in [3.63, 3.8) is 0 Å². The molecule has 3 atom stereocenters. The van der Waals surface area contributed by atoms with Crippen LogP contribution in [0.2, 0.25) is 0 Å². The van der Waals surface area contributed by atoms with Crippen LogP contribution in [-0.2, 0) is 9.47 Å². The van der Waals surface area contributed by atoms with E-state index in [1.807, 2.05) is 30.3 Å². The molecule has 0 amide bonds. The van der Waals surface area contributed by atoms with Gasteiger partial charge in [0.1, 0.15) is 5.75 Å². The van der Waals surface area contributed by atoms with E-state index in [0.29, 0.717) is 12.3 Å². The number of ether oxygens (including phenoxy) is 3. The summed E-state index contributed by atoms with van der Waals surface area (Å²) in [5, 5.41) is 0.847. The Balaban J connectivity index is 1.56. The van der Waals surface area contributed by atoms with Crippen LogP contribution < -0.4 is 4.74 Å². The summed E-state index contributed by atoms with van der Waals surface area (Å²) in [6.07, 6.45) is 12.8. The van der Waals surface area contributed by atoms with E-state index in [2.05, 4.69) is 39.9 Å². The first-order valence-corrected chi connectivity index (χ1v) is 11.7. The van der Waals surface area contributed by atoms with E-state index in [0.717, 1.165) is 36.9 Å². The van der Waals surface area contributed by atoms with E-state index >= 15 is 0 Å². The lowest BCUT2D eigenvalue weighted by Crippen LogP contribution is -2.31. The van der Waals surface area contributed by atoms with Crippen molar-refractivity contribution in [3.8, 4) is 17.6 Å². The van der Waals surface area contributed by atoms with Gasteiger partial charge in [0.25, 0.3) is 0 Å². The third kappa shape index (κ3) is 7.62. The maximum atomic E-state index is 6.11. The number of hydrogen-bond acceptors (Lipinski definition) is 3. The summed E-state index contributed by atoms with van der Waals surface area (Å²) in [7, 11) is 0. The van der Waals surface area contributed by atoms with Crippen LogP contribution in [0.15, 0.2) is 42.5 Å². The number of para-hydroxylation sites is 1. The zero-order chi connectivity index (χ0) is 19.4. The van der Waals surface area contributed by atoms with Gasteiger partial charge in [-0.15, -0.1) is 0 Å². The fourth-order valence-electron chi connectivity index (χ4n) is 3.56. The Hall–Kier alpha value is -1.28. The van der Waals surface area contributed by atoms with Gasteiger partial charge in [-0.3, -0.25) is 0 Å². The summed E-state index contributed by atoms with van der Waals surface area (Å²) in [6.45, 7) is 0.765. The number of allylic oxidation sites excluding steroid dienone is 1. The molecule has 152 valence electrons. The predicted molar refractivity (Wildman–Crippen MR) is 116 cm³/mol. The maximum Gasteiger partial charge on any atom is 0.205 e. The third-order valence-electron chi connectivity index (χ3n) is 5.14. The van der Waals surface area contributed by atoms with Crippen molar-refractivity contribution < 1.29 is 14.2 Å². The topological polar surface area (TPSA) is 27.7 Å². The summed E-state index contributed by atoms with van der Waals surface area (Å²) in [4.78, 5) is 0. The first kappa shape index (κ1) is 21.4. The van der Waals surface area contributed by atoms with Crippen LogP contribution in [-0.4, -0.2) is 24.5 Å². The molecule has 3 nitrogen and oxygen atoms in total. The molecule has 1 saturated heterocycles. The van der Waals surface area contributed by atoms with Crippen LogP contribution in [0.1, 0.15) is 51.4 Å². The van der Waals surface area contributed by atoms with Gasteiger partial charge in [-0.05, 0) is 44.2 Å². The number of alkyl halides is 1. The molecule has 2 fully saturated rings. The van der Waals surface area contributed by atoms with Gasteiger partial charge in [0.2, 0.25) is 6.29 Å². The SMILES string of the molecule is BrC[C@H](C#CC1CCCC1)C=CCC(Oc1ccccc1)OC1CCCCO1. The summed E-state index contributed by atoms with van der Waals surface area (Å²) in [5.74, 6) is 8.52. The lowest BCUT2D eigenvalue weighted by Gasteiger charge is -2.27. The fraction of sp³-hybridized carbons (Fsp3) is 0.583. The van der Waals surface area contributed by atoms with Crippen LogP contribution >= 0.6 is 15.9 Å². The number of rotatable bonds is 8. The highest BCUT2D eigenvalue weighted by Crippen LogP contribution is 2.24. The Morgan fingerprint density at radius 2 is 1.89 bits per heavy atom. The zero-order valence-electron chi connectivity index (χ0n) is 16.5. The van der Waals surface area contributed by atoms with Crippen LogP contribution in [0.5, 0.6) is 5.75 Å². The second kappa shape index (κ2) is 12.3. The van der Waals surface area contributed by atoms with Crippen molar-refractivity contribution in [2.75, 3.05) is 11.9 Å². The van der Waals surface area contributed by atoms with Gasteiger partial charge in [-0.2, -0.15) is 0 Å². The molecule has 0 radical (unpaired) electrons. The molecule has 1 aromatic carbocycles. The van der Waals surface area contributed by atoms with Gasteiger partial charge in [-0.25, -0.2) is 0 Å². The lowest BCUT2D eigenvalue weighted by molar-refractivity contribution is -0.230. The van der Waals surface area contributed by atoms with E-state index in [1.165, 1.54) is 25.7 Å². The molecule has 2 aliphatic rings. The molecule has 1 aliphatic carbocycles. The summed E-state index contributed by atoms with van der Waals surface area (Å²) in [6, 6.07) is 9.83. The fourth-order valence-corrected chi connectivity index (χ4v) is 3.93. The van der Waals surface area contributed by atoms with Crippen molar-refractivity contribution in [2.24, 2.45) is 11.8 Å². The number of halogens is 1. The van der Waals surface area contributed by atoms with E-state index in [-0.39, 0.29) is 18.5 Å². The molecule has 1 aromatic rings. The Morgan fingerprint density at radius 3 is 2.61 bits per heavy atom. The van der Waals surface area contributed by atoms with Crippen LogP contribution in [0, 0.1) is 23.7 Å². The van der Waals surface area contributed by atoms with Gasteiger partial charge >= 0.3 is 0 Å². The summed E-state index contributed by atoms with van der Waals surface area (Å²) >= 11 is 3.59. The van der Waals surface area contributed by atoms with Gasteiger partial charge in [0.15, 0.2) is 6.29 Å². The highest BCUT2D eigenvalue weighted by molar-refractivity contribution is 9.09. The molecule has 3 rings (SSSR count). The van der Waals surface area contributed by atoms with Crippen molar-refractivity contribution >= 4 is 15.9 Å². The second-order valence-electron chi connectivity index (χ2n) is 7.49. The highest BCUT2D eigenvalue weighted by Gasteiger charge is 2.20. The van der Waals surface area contributed by atoms with Crippen molar-refractivity contribution in [3.05, 3.63) is 42.5 Å². The van der Waals surface area contributed by atoms with Crippen LogP contribution in [0.4, 0.5) is 0 Å². The molecule has 28 heavy (non-hydrogen) atoms. The number of hydrogen-bond donors (Lipinski definition) is 0. The Labute approximate surface area is 178 Å². The van der Waals surface area contributed by atoms with Gasteiger partial charge in [0.05, 0.1) is 0 Å². The van der Waals surface area contributed by atoms with Crippen LogP contribution in [0.3, 0.4) is 0 Å².